The summed E-state index contributed by atoms with van der Waals surface area (Å²) in [5, 5.41) is 6.29. The van der Waals surface area contributed by atoms with Crippen molar-refractivity contribution in [3.8, 4) is 0 Å². The average molecular weight is 309 g/mol. The zero-order valence-corrected chi connectivity index (χ0v) is 12.3. The first-order valence-corrected chi connectivity index (χ1v) is 7.13. The maximum atomic E-state index is 12.9. The fourth-order valence-corrected chi connectivity index (χ4v) is 2.08. The van der Waals surface area contributed by atoms with Crippen LogP contribution < -0.4 is 16.4 Å². The third-order valence-electron chi connectivity index (χ3n) is 3.29. The van der Waals surface area contributed by atoms with Crippen LogP contribution in [0.1, 0.15) is 5.56 Å². The normalized spacial score (nSPS) is 10.3. The van der Waals surface area contributed by atoms with E-state index in [2.05, 4.69) is 20.6 Å². The highest BCUT2D eigenvalue weighted by Crippen LogP contribution is 2.25. The zero-order chi connectivity index (χ0) is 16.1. The molecule has 6 heteroatoms. The summed E-state index contributed by atoms with van der Waals surface area (Å²) in [6.45, 7) is 0.492. The monoisotopic (exact) mass is 309 g/mol. The minimum Gasteiger partial charge on any atom is -0.393 e. The molecular formula is C17H16FN5. The highest BCUT2D eigenvalue weighted by Gasteiger charge is 2.08. The summed E-state index contributed by atoms with van der Waals surface area (Å²) in [7, 11) is 0. The van der Waals surface area contributed by atoms with Crippen LogP contribution in [0.2, 0.25) is 0 Å². The number of hydrogen-bond donors (Lipinski definition) is 3. The van der Waals surface area contributed by atoms with Gasteiger partial charge in [-0.2, -0.15) is 0 Å². The molecule has 0 spiro atoms. The van der Waals surface area contributed by atoms with Gasteiger partial charge in [-0.3, -0.25) is 0 Å². The SMILES string of the molecule is Nc1c(NCc2ccc(F)cc2)ncnc1Nc1ccccc1. The number of para-hydroxylation sites is 1. The lowest BCUT2D eigenvalue weighted by Gasteiger charge is -2.12. The van der Waals surface area contributed by atoms with E-state index in [-0.39, 0.29) is 5.82 Å². The first kappa shape index (κ1) is 14.8. The average Bonchev–Trinajstić information content (AvgIpc) is 2.58. The van der Waals surface area contributed by atoms with Crippen LogP contribution in [0.25, 0.3) is 0 Å². The van der Waals surface area contributed by atoms with E-state index in [4.69, 9.17) is 5.73 Å². The Bertz CT molecular complexity index is 775. The quantitative estimate of drug-likeness (QED) is 0.672. The van der Waals surface area contributed by atoms with E-state index >= 15 is 0 Å². The van der Waals surface area contributed by atoms with E-state index in [1.807, 2.05) is 30.3 Å². The van der Waals surface area contributed by atoms with Crippen molar-refractivity contribution in [2.45, 2.75) is 6.54 Å². The summed E-state index contributed by atoms with van der Waals surface area (Å²) >= 11 is 0. The molecular weight excluding hydrogens is 293 g/mol. The molecule has 0 saturated heterocycles. The lowest BCUT2D eigenvalue weighted by atomic mass is 10.2. The lowest BCUT2D eigenvalue weighted by molar-refractivity contribution is 0.627. The lowest BCUT2D eigenvalue weighted by Crippen LogP contribution is -2.08. The van der Waals surface area contributed by atoms with Crippen LogP contribution >= 0.6 is 0 Å². The van der Waals surface area contributed by atoms with E-state index < -0.39 is 0 Å². The predicted octanol–water partition coefficient (Wildman–Crippen LogP) is 3.55. The van der Waals surface area contributed by atoms with Crippen LogP contribution in [0.15, 0.2) is 60.9 Å². The molecule has 0 aliphatic rings. The van der Waals surface area contributed by atoms with Crippen molar-refractivity contribution in [3.05, 3.63) is 72.3 Å². The van der Waals surface area contributed by atoms with Gasteiger partial charge in [-0.25, -0.2) is 14.4 Å². The molecule has 0 radical (unpaired) electrons. The minimum absolute atomic E-state index is 0.260. The van der Waals surface area contributed by atoms with Crippen molar-refractivity contribution in [2.75, 3.05) is 16.4 Å². The Morgan fingerprint density at radius 3 is 2.35 bits per heavy atom. The van der Waals surface area contributed by atoms with E-state index in [9.17, 15) is 4.39 Å². The van der Waals surface area contributed by atoms with Crippen LogP contribution in [-0.2, 0) is 6.54 Å². The van der Waals surface area contributed by atoms with Crippen molar-refractivity contribution in [1.29, 1.82) is 0 Å². The molecule has 1 aromatic heterocycles. The molecule has 0 aliphatic heterocycles. The Balaban J connectivity index is 1.73. The number of aromatic nitrogens is 2. The smallest absolute Gasteiger partial charge is 0.159 e. The Morgan fingerprint density at radius 2 is 1.61 bits per heavy atom. The number of nitrogen functional groups attached to an aromatic ring is 1. The van der Waals surface area contributed by atoms with Crippen LogP contribution in [0, 0.1) is 5.82 Å². The minimum atomic E-state index is -0.260. The number of halogens is 1. The number of hydrogen-bond acceptors (Lipinski definition) is 5. The first-order chi connectivity index (χ1) is 11.2. The summed E-state index contributed by atoms with van der Waals surface area (Å²) in [6.07, 6.45) is 1.44. The van der Waals surface area contributed by atoms with Crippen molar-refractivity contribution >= 4 is 23.0 Å². The number of anilines is 4. The van der Waals surface area contributed by atoms with Gasteiger partial charge < -0.3 is 16.4 Å². The third kappa shape index (κ3) is 3.74. The summed E-state index contributed by atoms with van der Waals surface area (Å²) in [5.41, 5.74) is 8.36. The van der Waals surface area contributed by atoms with Gasteiger partial charge in [0.05, 0.1) is 0 Å². The first-order valence-electron chi connectivity index (χ1n) is 7.13. The molecule has 4 N–H and O–H groups in total. The molecule has 0 unspecified atom stereocenters. The van der Waals surface area contributed by atoms with E-state index in [0.29, 0.717) is 23.9 Å². The molecule has 23 heavy (non-hydrogen) atoms. The fraction of sp³-hybridized carbons (Fsp3) is 0.0588. The van der Waals surface area contributed by atoms with Crippen molar-refractivity contribution in [2.24, 2.45) is 0 Å². The molecule has 0 bridgehead atoms. The Kier molecular flexibility index (Phi) is 4.33. The summed E-state index contributed by atoms with van der Waals surface area (Å²) < 4.78 is 12.9. The van der Waals surface area contributed by atoms with Gasteiger partial charge in [0.25, 0.3) is 0 Å². The number of nitrogens with two attached hydrogens (primary N) is 1. The Labute approximate surface area is 133 Å². The summed E-state index contributed by atoms with van der Waals surface area (Å²) in [5.74, 6) is 0.806. The van der Waals surface area contributed by atoms with Gasteiger partial charge in [-0.15, -0.1) is 0 Å². The maximum absolute atomic E-state index is 12.9. The molecule has 116 valence electrons. The molecule has 2 aromatic carbocycles. The van der Waals surface area contributed by atoms with E-state index in [1.54, 1.807) is 12.1 Å². The second-order valence-electron chi connectivity index (χ2n) is 4.96. The van der Waals surface area contributed by atoms with Crippen LogP contribution in [0.5, 0.6) is 0 Å². The molecule has 0 fully saturated rings. The van der Waals surface area contributed by atoms with Crippen molar-refractivity contribution in [1.82, 2.24) is 9.97 Å². The van der Waals surface area contributed by atoms with Crippen LogP contribution in [0.3, 0.4) is 0 Å². The molecule has 1 heterocycles. The van der Waals surface area contributed by atoms with E-state index in [1.165, 1.54) is 18.5 Å². The van der Waals surface area contributed by atoms with Crippen LogP contribution in [-0.4, -0.2) is 9.97 Å². The van der Waals surface area contributed by atoms with Gasteiger partial charge in [0.1, 0.15) is 17.8 Å². The molecule has 0 amide bonds. The van der Waals surface area contributed by atoms with Crippen molar-refractivity contribution < 1.29 is 4.39 Å². The number of rotatable bonds is 5. The highest BCUT2D eigenvalue weighted by atomic mass is 19.1. The zero-order valence-electron chi connectivity index (χ0n) is 12.3. The maximum Gasteiger partial charge on any atom is 0.159 e. The number of benzene rings is 2. The van der Waals surface area contributed by atoms with Gasteiger partial charge in [-0.1, -0.05) is 30.3 Å². The second-order valence-corrected chi connectivity index (χ2v) is 4.96. The van der Waals surface area contributed by atoms with Gasteiger partial charge in [-0.05, 0) is 29.8 Å². The summed E-state index contributed by atoms with van der Waals surface area (Å²) in [4.78, 5) is 8.32. The third-order valence-corrected chi connectivity index (χ3v) is 3.29. The molecule has 5 nitrogen and oxygen atoms in total. The molecule has 0 atom stereocenters. The van der Waals surface area contributed by atoms with Gasteiger partial charge in [0.2, 0.25) is 0 Å². The van der Waals surface area contributed by atoms with Gasteiger partial charge in [0, 0.05) is 12.2 Å². The Hall–Kier alpha value is -3.15. The van der Waals surface area contributed by atoms with Gasteiger partial charge in [0.15, 0.2) is 11.6 Å². The van der Waals surface area contributed by atoms with Crippen molar-refractivity contribution in [3.63, 3.8) is 0 Å². The fourth-order valence-electron chi connectivity index (χ4n) is 2.08. The molecule has 0 saturated carbocycles. The standard InChI is InChI=1S/C17H16FN5/c18-13-8-6-12(7-9-13)10-20-16-15(19)17(22-11-21-16)23-14-4-2-1-3-5-14/h1-9,11H,10,19H2,(H2,20,21,22,23). The molecule has 0 aliphatic carbocycles. The topological polar surface area (TPSA) is 75.9 Å². The number of nitrogens with one attached hydrogen (secondary N) is 2. The number of nitrogens with zero attached hydrogens (tertiary/aromatic N) is 2. The highest BCUT2D eigenvalue weighted by molar-refractivity contribution is 5.77. The molecule has 3 aromatic rings. The summed E-state index contributed by atoms with van der Waals surface area (Å²) in [6, 6.07) is 15.9. The predicted molar refractivity (Wildman–Crippen MR) is 89.9 cm³/mol. The van der Waals surface area contributed by atoms with E-state index in [0.717, 1.165) is 11.3 Å². The largest absolute Gasteiger partial charge is 0.393 e. The second kappa shape index (κ2) is 6.74. The molecule has 3 rings (SSSR count). The van der Waals surface area contributed by atoms with Gasteiger partial charge >= 0.3 is 0 Å². The van der Waals surface area contributed by atoms with Crippen LogP contribution in [0.4, 0.5) is 27.4 Å². The Morgan fingerprint density at radius 1 is 0.913 bits per heavy atom.